The van der Waals surface area contributed by atoms with Gasteiger partial charge in [0.2, 0.25) is 0 Å². The molecule has 1 atom stereocenters. The van der Waals surface area contributed by atoms with Crippen LogP contribution >= 0.6 is 0 Å². The van der Waals surface area contributed by atoms with E-state index in [0.717, 1.165) is 11.3 Å². The molecule has 0 spiro atoms. The minimum Gasteiger partial charge on any atom is -0.455 e. The van der Waals surface area contributed by atoms with Crippen LogP contribution in [0.25, 0.3) is 0 Å². The summed E-state index contributed by atoms with van der Waals surface area (Å²) in [4.78, 5) is 16.4. The van der Waals surface area contributed by atoms with E-state index in [-0.39, 0.29) is 17.8 Å². The minimum atomic E-state index is -0.259. The Morgan fingerprint density at radius 2 is 2.16 bits per heavy atom. The lowest BCUT2D eigenvalue weighted by Gasteiger charge is -2.32. The predicted octanol–water partition coefficient (Wildman–Crippen LogP) is 2.56. The summed E-state index contributed by atoms with van der Waals surface area (Å²) in [5.41, 5.74) is 0.866. The van der Waals surface area contributed by atoms with Gasteiger partial charge in [-0.25, -0.2) is 4.39 Å². The van der Waals surface area contributed by atoms with Crippen LogP contribution in [0.4, 0.5) is 4.39 Å². The van der Waals surface area contributed by atoms with Crippen molar-refractivity contribution in [2.45, 2.75) is 19.1 Å². The highest BCUT2D eigenvalue weighted by atomic mass is 19.1. The normalized spacial score (nSPS) is 17.9. The molecular weight excluding hydrogens is 323 g/mol. The van der Waals surface area contributed by atoms with E-state index in [4.69, 9.17) is 9.15 Å². The van der Waals surface area contributed by atoms with Crippen LogP contribution in [0.2, 0.25) is 0 Å². The van der Waals surface area contributed by atoms with Crippen molar-refractivity contribution in [2.75, 3.05) is 33.8 Å². The fourth-order valence-electron chi connectivity index (χ4n) is 3.00. The molecule has 3 rings (SSSR count). The van der Waals surface area contributed by atoms with Crippen molar-refractivity contribution >= 4 is 5.91 Å². The fraction of sp³-hybridized carbons (Fsp3) is 0.421. The van der Waals surface area contributed by atoms with Gasteiger partial charge < -0.3 is 19.0 Å². The van der Waals surface area contributed by atoms with E-state index in [2.05, 4.69) is 0 Å². The first-order chi connectivity index (χ1) is 12.0. The number of carbonyl (C=O) groups excluding carboxylic acids is 1. The Morgan fingerprint density at radius 3 is 2.92 bits per heavy atom. The van der Waals surface area contributed by atoms with Gasteiger partial charge in [0.15, 0.2) is 5.76 Å². The smallest absolute Gasteiger partial charge is 0.289 e. The second kappa shape index (κ2) is 7.80. The zero-order valence-electron chi connectivity index (χ0n) is 14.6. The highest BCUT2D eigenvalue weighted by molar-refractivity contribution is 5.91. The summed E-state index contributed by atoms with van der Waals surface area (Å²) in [6.07, 6.45) is 0.432. The van der Waals surface area contributed by atoms with Crippen molar-refractivity contribution < 1.29 is 18.3 Å². The topological polar surface area (TPSA) is 45.9 Å². The van der Waals surface area contributed by atoms with Crippen molar-refractivity contribution in [3.63, 3.8) is 0 Å². The third-order valence-corrected chi connectivity index (χ3v) is 4.12. The van der Waals surface area contributed by atoms with Gasteiger partial charge in [0.25, 0.3) is 5.91 Å². The minimum absolute atomic E-state index is 0.127. The number of ether oxygens (including phenoxy) is 1. The molecule has 0 unspecified atom stereocenters. The molecule has 0 N–H and O–H groups in total. The van der Waals surface area contributed by atoms with Crippen molar-refractivity contribution in [1.82, 2.24) is 9.80 Å². The van der Waals surface area contributed by atoms with Crippen LogP contribution in [0.1, 0.15) is 21.9 Å². The molecule has 0 aliphatic carbocycles. The molecular formula is C19H23FN2O3. The third-order valence-electron chi connectivity index (χ3n) is 4.12. The first kappa shape index (κ1) is 17.6. The molecule has 1 fully saturated rings. The number of morpholine rings is 1. The second-order valence-electron chi connectivity index (χ2n) is 6.58. The highest BCUT2D eigenvalue weighted by Gasteiger charge is 2.27. The molecule has 5 nitrogen and oxygen atoms in total. The van der Waals surface area contributed by atoms with Crippen LogP contribution < -0.4 is 0 Å². The molecule has 0 radical (unpaired) electrons. The molecule has 0 saturated carbocycles. The van der Waals surface area contributed by atoms with Gasteiger partial charge in [0, 0.05) is 19.5 Å². The lowest BCUT2D eigenvalue weighted by atomic mass is 10.1. The largest absolute Gasteiger partial charge is 0.455 e. The van der Waals surface area contributed by atoms with Gasteiger partial charge in [-0.15, -0.1) is 0 Å². The zero-order valence-corrected chi connectivity index (χ0v) is 14.6. The second-order valence-corrected chi connectivity index (χ2v) is 6.58. The lowest BCUT2D eigenvalue weighted by molar-refractivity contribution is -0.0218. The van der Waals surface area contributed by atoms with Crippen molar-refractivity contribution in [3.8, 4) is 0 Å². The molecule has 134 valence electrons. The summed E-state index contributed by atoms with van der Waals surface area (Å²) in [6, 6.07) is 10.0. The van der Waals surface area contributed by atoms with Gasteiger partial charge in [-0.2, -0.15) is 0 Å². The summed E-state index contributed by atoms with van der Waals surface area (Å²) in [7, 11) is 3.89. The maximum Gasteiger partial charge on any atom is 0.289 e. The number of benzene rings is 1. The van der Waals surface area contributed by atoms with E-state index < -0.39 is 0 Å². The lowest BCUT2D eigenvalue weighted by Crippen LogP contribution is -2.46. The van der Waals surface area contributed by atoms with E-state index in [9.17, 15) is 9.18 Å². The molecule has 1 saturated heterocycles. The summed E-state index contributed by atoms with van der Waals surface area (Å²) < 4.78 is 24.7. The number of hydrogen-bond acceptors (Lipinski definition) is 4. The Labute approximate surface area is 147 Å². The van der Waals surface area contributed by atoms with E-state index in [1.807, 2.05) is 31.1 Å². The molecule has 6 heteroatoms. The summed E-state index contributed by atoms with van der Waals surface area (Å²) in [5, 5.41) is 0. The van der Waals surface area contributed by atoms with Gasteiger partial charge in [0.05, 0.1) is 19.3 Å². The molecule has 25 heavy (non-hydrogen) atoms. The van der Waals surface area contributed by atoms with E-state index in [0.29, 0.717) is 38.4 Å². The van der Waals surface area contributed by atoms with Gasteiger partial charge in [-0.1, -0.05) is 12.1 Å². The summed E-state index contributed by atoms with van der Waals surface area (Å²) in [5.74, 6) is 0.726. The average molecular weight is 346 g/mol. The molecule has 1 aliphatic heterocycles. The molecule has 1 aromatic heterocycles. The van der Waals surface area contributed by atoms with Crippen LogP contribution in [0.15, 0.2) is 40.8 Å². The molecule has 2 aromatic rings. The first-order valence-electron chi connectivity index (χ1n) is 8.40. The number of furan rings is 1. The van der Waals surface area contributed by atoms with Crippen molar-refractivity contribution in [2.24, 2.45) is 0 Å². The standard InChI is InChI=1S/C19H23FN2O3/c1-21(2)12-16-6-7-18(25-16)19(23)22-8-9-24-17(13-22)11-14-4-3-5-15(20)10-14/h3-7,10,17H,8-9,11-13H2,1-2H3/t17-/m1/s1. The molecule has 1 amide bonds. The van der Waals surface area contributed by atoms with Crippen LogP contribution in [0.3, 0.4) is 0 Å². The molecule has 1 aromatic carbocycles. The quantitative estimate of drug-likeness (QED) is 0.835. The Morgan fingerprint density at radius 1 is 1.32 bits per heavy atom. The highest BCUT2D eigenvalue weighted by Crippen LogP contribution is 2.17. The van der Waals surface area contributed by atoms with Crippen molar-refractivity contribution in [1.29, 1.82) is 0 Å². The van der Waals surface area contributed by atoms with Crippen LogP contribution in [-0.4, -0.2) is 55.6 Å². The van der Waals surface area contributed by atoms with E-state index >= 15 is 0 Å². The number of carbonyl (C=O) groups is 1. The third kappa shape index (κ3) is 4.67. The Bertz CT molecular complexity index is 729. The van der Waals surface area contributed by atoms with Crippen LogP contribution in [0.5, 0.6) is 0 Å². The maximum absolute atomic E-state index is 13.3. The van der Waals surface area contributed by atoms with Crippen molar-refractivity contribution in [3.05, 3.63) is 59.3 Å². The summed E-state index contributed by atoms with van der Waals surface area (Å²) in [6.45, 7) is 2.12. The van der Waals surface area contributed by atoms with Gasteiger partial charge >= 0.3 is 0 Å². The van der Waals surface area contributed by atoms with Gasteiger partial charge in [-0.05, 0) is 43.9 Å². The first-order valence-corrected chi connectivity index (χ1v) is 8.40. The van der Waals surface area contributed by atoms with Gasteiger partial charge in [0.1, 0.15) is 11.6 Å². The Hall–Kier alpha value is -2.18. The Kier molecular flexibility index (Phi) is 5.50. The van der Waals surface area contributed by atoms with Crippen LogP contribution in [-0.2, 0) is 17.7 Å². The number of hydrogen-bond donors (Lipinski definition) is 0. The zero-order chi connectivity index (χ0) is 17.8. The van der Waals surface area contributed by atoms with E-state index in [1.165, 1.54) is 12.1 Å². The fourth-order valence-corrected chi connectivity index (χ4v) is 3.00. The van der Waals surface area contributed by atoms with Crippen LogP contribution in [0, 0.1) is 5.82 Å². The van der Waals surface area contributed by atoms with E-state index in [1.54, 1.807) is 17.0 Å². The number of nitrogens with zero attached hydrogens (tertiary/aromatic N) is 2. The number of amides is 1. The van der Waals surface area contributed by atoms with Gasteiger partial charge in [-0.3, -0.25) is 4.79 Å². The molecule has 0 bridgehead atoms. The molecule has 1 aliphatic rings. The average Bonchev–Trinajstić information content (AvgIpc) is 3.02. The monoisotopic (exact) mass is 346 g/mol. The maximum atomic E-state index is 13.3. The summed E-state index contributed by atoms with van der Waals surface area (Å²) >= 11 is 0. The molecule has 2 heterocycles. The predicted molar refractivity (Wildman–Crippen MR) is 91.8 cm³/mol. The Balaban J connectivity index is 1.62. The number of rotatable bonds is 5. The SMILES string of the molecule is CN(C)Cc1ccc(C(=O)N2CCO[C@H](Cc3cccc(F)c3)C2)o1. The number of halogens is 1.